The van der Waals surface area contributed by atoms with Crippen LogP contribution in [0.15, 0.2) is 72.8 Å². The first-order valence-electron chi connectivity index (χ1n) is 24.8. The highest BCUT2D eigenvalue weighted by atomic mass is 35.5. The van der Waals surface area contributed by atoms with Gasteiger partial charge in [-0.3, -0.25) is 19.2 Å². The number of aliphatic carboxylic acids is 1. The molecule has 21 heteroatoms. The van der Waals surface area contributed by atoms with Gasteiger partial charge in [-0.2, -0.15) is 0 Å². The SMILES string of the molecule is C.C.CNC(=O)Nc1ccc2c(c1)CC[C@@]21OC(=O)N(CC(=O)N2C(C)CCC2c2ccc(Cl)cc2C)C1=O.CNC(=O)Nc1ccc2c(c1)CC[C@@]21OC(=O)N(CC(=O)O)C1=O.Cc1cc(Cl)ccc1C1CCC(C)N1. The number of halogens is 2. The van der Waals surface area contributed by atoms with Gasteiger partial charge >= 0.3 is 30.2 Å². The number of aryl methyl sites for hydroxylation is 4. The van der Waals surface area contributed by atoms with E-state index in [1.54, 1.807) is 41.3 Å². The van der Waals surface area contributed by atoms with Crippen molar-refractivity contribution in [3.8, 4) is 0 Å². The molecule has 4 aliphatic heterocycles. The molecule has 77 heavy (non-hydrogen) atoms. The molecule has 9 amide bonds. The molecule has 2 aliphatic carbocycles. The number of likely N-dealkylation sites (tertiary alicyclic amines) is 1. The predicted octanol–water partition coefficient (Wildman–Crippen LogP) is 9.65. The van der Waals surface area contributed by atoms with Crippen LogP contribution in [0, 0.1) is 13.8 Å². The molecule has 0 saturated carbocycles. The van der Waals surface area contributed by atoms with Crippen molar-refractivity contribution in [2.24, 2.45) is 0 Å². The Hall–Kier alpha value is -7.22. The number of hydrogen-bond donors (Lipinski definition) is 6. The third kappa shape index (κ3) is 11.9. The van der Waals surface area contributed by atoms with Gasteiger partial charge in [0.1, 0.15) is 13.1 Å². The van der Waals surface area contributed by atoms with Gasteiger partial charge in [0, 0.05) is 77.6 Å². The number of ether oxygens (including phenoxy) is 2. The monoisotopic (exact) mass is 1100 g/mol. The molecule has 10 rings (SSSR count). The Morgan fingerprint density at radius 2 is 1.14 bits per heavy atom. The number of benzene rings is 4. The van der Waals surface area contributed by atoms with Crippen LogP contribution in [0.2, 0.25) is 10.0 Å². The molecule has 4 unspecified atom stereocenters. The zero-order chi connectivity index (χ0) is 54.1. The smallest absolute Gasteiger partial charge is 0.418 e. The molecule has 6 atom stereocenters. The second-order valence-electron chi connectivity index (χ2n) is 19.7. The van der Waals surface area contributed by atoms with Gasteiger partial charge in [-0.15, -0.1) is 0 Å². The summed E-state index contributed by atoms with van der Waals surface area (Å²) in [7, 11) is 3.01. The Kier molecular flexibility index (Phi) is 18.4. The van der Waals surface area contributed by atoms with Crippen molar-refractivity contribution in [1.29, 1.82) is 0 Å². The molecule has 0 radical (unpaired) electrons. The molecule has 6 aliphatic rings. The second-order valence-corrected chi connectivity index (χ2v) is 20.5. The van der Waals surface area contributed by atoms with E-state index in [0.29, 0.717) is 57.3 Å². The fourth-order valence-corrected chi connectivity index (χ4v) is 11.6. The second kappa shape index (κ2) is 24.0. The Bertz CT molecular complexity index is 2990. The summed E-state index contributed by atoms with van der Waals surface area (Å²) in [5, 5.41) is 24.1. The summed E-state index contributed by atoms with van der Waals surface area (Å²) in [6.45, 7) is 7.21. The molecular formula is C56H68Cl2N8O11. The number of imide groups is 2. The van der Waals surface area contributed by atoms with Crippen LogP contribution in [0.25, 0.3) is 0 Å². The standard InChI is InChI=1S/C27H29ClN4O5.C15H15N3O6.C12H16ClN.2CH4/c1-15-12-18(28)5-7-20(15)22-9-4-16(2)32(22)23(33)14-31-24(34)27(37-26(31)36)11-10-17-13-19(6-8-21(17)27)30-25(35)29-3;1-16-13(22)17-9-2-3-10-8(6-9)4-5-15(10)12(21)18(7-11(19)20)14(23)24-15;1-8-7-10(13)4-5-11(8)12-6-3-9(2)14-12;;/h5-8,12-13,16,22H,4,9-11,14H2,1-3H3,(H2,29,30,35);2-3,6H,4-5,7H2,1H3,(H,19,20)(H2,16,17,22);4-5,7,9,12,14H,3,6H2,1-2H3;2*1H4/t16?,22?,27-;15-;;;/m11.../s1. The van der Waals surface area contributed by atoms with Gasteiger partial charge < -0.3 is 46.1 Å². The number of rotatable bonds is 8. The van der Waals surface area contributed by atoms with Crippen LogP contribution in [0.5, 0.6) is 0 Å². The third-order valence-corrected chi connectivity index (χ3v) is 15.3. The van der Waals surface area contributed by atoms with Gasteiger partial charge in [0.05, 0.1) is 6.04 Å². The van der Waals surface area contributed by atoms with E-state index in [1.807, 2.05) is 44.2 Å². The number of carboxylic acid groups (broad SMARTS) is 1. The summed E-state index contributed by atoms with van der Waals surface area (Å²) in [4.78, 5) is 102. The van der Waals surface area contributed by atoms with Crippen molar-refractivity contribution in [3.05, 3.63) is 127 Å². The average molecular weight is 1100 g/mol. The molecule has 6 N–H and O–H groups in total. The first kappa shape index (κ1) is 59.0. The van der Waals surface area contributed by atoms with Gasteiger partial charge in [-0.1, -0.05) is 62.3 Å². The highest BCUT2D eigenvalue weighted by Crippen LogP contribution is 2.48. The minimum atomic E-state index is -1.46. The lowest BCUT2D eigenvalue weighted by Crippen LogP contribution is -2.46. The predicted molar refractivity (Wildman–Crippen MR) is 292 cm³/mol. The van der Waals surface area contributed by atoms with Gasteiger partial charge in [-0.25, -0.2) is 29.0 Å². The minimum absolute atomic E-state index is 0. The van der Waals surface area contributed by atoms with Crippen molar-refractivity contribution in [3.63, 3.8) is 0 Å². The number of carbonyl (C=O) groups is 8. The Balaban J connectivity index is 0.000000205. The zero-order valence-corrected chi connectivity index (χ0v) is 43.9. The molecular weight excluding hydrogens is 1030 g/mol. The number of amides is 9. The number of nitrogens with one attached hydrogen (secondary N) is 5. The average Bonchev–Trinajstić information content (AvgIpc) is 4.22. The van der Waals surface area contributed by atoms with E-state index in [1.165, 1.54) is 38.1 Å². The van der Waals surface area contributed by atoms with Crippen LogP contribution in [-0.2, 0) is 52.7 Å². The lowest BCUT2D eigenvalue weighted by atomic mass is 9.94. The van der Waals surface area contributed by atoms with Crippen molar-refractivity contribution < 1.29 is 52.9 Å². The number of anilines is 2. The van der Waals surface area contributed by atoms with Gasteiger partial charge in [0.15, 0.2) is 0 Å². The van der Waals surface area contributed by atoms with Crippen LogP contribution in [0.1, 0.15) is 124 Å². The number of carbonyl (C=O) groups excluding carboxylic acids is 7. The van der Waals surface area contributed by atoms with Crippen molar-refractivity contribution in [1.82, 2.24) is 30.7 Å². The molecule has 0 aromatic heterocycles. The highest BCUT2D eigenvalue weighted by molar-refractivity contribution is 6.31. The molecule has 19 nitrogen and oxygen atoms in total. The van der Waals surface area contributed by atoms with Crippen molar-refractivity contribution in [2.45, 2.75) is 129 Å². The van der Waals surface area contributed by atoms with Crippen molar-refractivity contribution in [2.75, 3.05) is 37.8 Å². The summed E-state index contributed by atoms with van der Waals surface area (Å²) in [5.74, 6) is -2.78. The van der Waals surface area contributed by atoms with E-state index in [0.717, 1.165) is 45.0 Å². The maximum Gasteiger partial charge on any atom is 0.418 e. The van der Waals surface area contributed by atoms with Crippen LogP contribution in [0.4, 0.5) is 30.6 Å². The minimum Gasteiger partial charge on any atom is -0.480 e. The molecule has 412 valence electrons. The van der Waals surface area contributed by atoms with Gasteiger partial charge in [-0.05, 0) is 148 Å². The van der Waals surface area contributed by atoms with E-state index in [2.05, 4.69) is 46.5 Å². The van der Waals surface area contributed by atoms with Gasteiger partial charge in [0.2, 0.25) is 17.1 Å². The fourth-order valence-electron chi connectivity index (χ4n) is 11.1. The number of urea groups is 2. The molecule has 2 spiro atoms. The topological polar surface area (TPSA) is 245 Å². The number of nitrogens with zero attached hydrogens (tertiary/aromatic N) is 3. The van der Waals surface area contributed by atoms with Gasteiger partial charge in [0.25, 0.3) is 11.8 Å². The molecule has 0 bridgehead atoms. The van der Waals surface area contributed by atoms with Crippen molar-refractivity contribution >= 4 is 82.5 Å². The van der Waals surface area contributed by atoms with E-state index in [9.17, 15) is 38.4 Å². The number of carboxylic acids is 1. The fraction of sp³-hybridized carbons (Fsp3) is 0.429. The highest BCUT2D eigenvalue weighted by Gasteiger charge is 2.60. The zero-order valence-electron chi connectivity index (χ0n) is 42.4. The summed E-state index contributed by atoms with van der Waals surface area (Å²) < 4.78 is 11.0. The summed E-state index contributed by atoms with van der Waals surface area (Å²) in [6, 6.07) is 22.1. The van der Waals surface area contributed by atoms with E-state index < -0.39 is 47.7 Å². The normalized spacial score (nSPS) is 23.4. The Labute approximate surface area is 458 Å². The molecule has 4 heterocycles. The van der Waals surface area contributed by atoms with Crippen LogP contribution in [0.3, 0.4) is 0 Å². The first-order valence-corrected chi connectivity index (χ1v) is 25.6. The first-order chi connectivity index (χ1) is 35.7. The summed E-state index contributed by atoms with van der Waals surface area (Å²) in [5.41, 5.74) is 5.61. The van der Waals surface area contributed by atoms with Crippen LogP contribution >= 0.6 is 23.2 Å². The maximum atomic E-state index is 13.6. The molecule has 4 fully saturated rings. The quantitative estimate of drug-likeness (QED) is 0.0966. The maximum absolute atomic E-state index is 13.6. The van der Waals surface area contributed by atoms with E-state index in [-0.39, 0.29) is 64.3 Å². The van der Waals surface area contributed by atoms with Crippen LogP contribution in [-0.4, -0.2) is 107 Å². The Morgan fingerprint density at radius 1 is 0.662 bits per heavy atom. The van der Waals surface area contributed by atoms with Crippen LogP contribution < -0.4 is 26.6 Å². The lowest BCUT2D eigenvalue weighted by molar-refractivity contribution is -0.144. The van der Waals surface area contributed by atoms with E-state index in [4.69, 9.17) is 37.8 Å². The number of hydrogen-bond acceptors (Lipinski definition) is 11. The molecule has 4 aromatic carbocycles. The lowest BCUT2D eigenvalue weighted by Gasteiger charge is -2.31. The molecule has 4 aromatic rings. The van der Waals surface area contributed by atoms with E-state index >= 15 is 0 Å². The summed E-state index contributed by atoms with van der Waals surface area (Å²) in [6.07, 6.45) is 3.85. The summed E-state index contributed by atoms with van der Waals surface area (Å²) >= 11 is 12.1. The molecule has 4 saturated heterocycles. The number of fused-ring (bicyclic) bond motifs is 4. The Morgan fingerprint density at radius 3 is 1.58 bits per heavy atom. The largest absolute Gasteiger partial charge is 0.480 e. The third-order valence-electron chi connectivity index (χ3n) is 14.8.